The second-order valence-electron chi connectivity index (χ2n) is 3.46. The van der Waals surface area contributed by atoms with Crippen molar-refractivity contribution in [3.05, 3.63) is 48.9 Å². The molecule has 0 aliphatic carbocycles. The van der Waals surface area contributed by atoms with Crippen molar-refractivity contribution >= 4 is 0 Å². The average molecular weight is 221 g/mol. The van der Waals surface area contributed by atoms with Crippen LogP contribution in [0.15, 0.2) is 48.9 Å². The summed E-state index contributed by atoms with van der Waals surface area (Å²) in [7, 11) is 0. The minimum atomic E-state index is 0.506. The molecular formula is C14H23NO. The summed E-state index contributed by atoms with van der Waals surface area (Å²) in [5.41, 5.74) is 1.04. The van der Waals surface area contributed by atoms with Crippen molar-refractivity contribution < 1.29 is 4.74 Å². The summed E-state index contributed by atoms with van der Waals surface area (Å²) >= 11 is 0. The third kappa shape index (κ3) is 7.92. The van der Waals surface area contributed by atoms with Gasteiger partial charge in [0.2, 0.25) is 0 Å². The smallest absolute Gasteiger partial charge is 0.179 e. The van der Waals surface area contributed by atoms with Gasteiger partial charge in [-0.2, -0.15) is 0 Å². The molecule has 0 aliphatic rings. The van der Waals surface area contributed by atoms with Crippen LogP contribution in [0.2, 0.25) is 0 Å². The second kappa shape index (κ2) is 10.1. The molecule has 0 atom stereocenters. The highest BCUT2D eigenvalue weighted by atomic mass is 16.5. The van der Waals surface area contributed by atoms with Crippen LogP contribution in [0.4, 0.5) is 0 Å². The summed E-state index contributed by atoms with van der Waals surface area (Å²) < 4.78 is 5.46. The summed E-state index contributed by atoms with van der Waals surface area (Å²) in [6.45, 7) is 13.1. The molecule has 2 heteroatoms. The monoisotopic (exact) mass is 221 g/mol. The van der Waals surface area contributed by atoms with E-state index >= 15 is 0 Å². The van der Waals surface area contributed by atoms with Gasteiger partial charge in [-0.15, -0.1) is 0 Å². The fourth-order valence-electron chi connectivity index (χ4n) is 1.02. The molecule has 0 amide bonds. The molecule has 0 aliphatic heterocycles. The van der Waals surface area contributed by atoms with Gasteiger partial charge in [-0.3, -0.25) is 0 Å². The summed E-state index contributed by atoms with van der Waals surface area (Å²) in [5.74, 6) is 0.627. The maximum atomic E-state index is 5.46. The molecule has 1 N–H and O–H groups in total. The zero-order valence-corrected chi connectivity index (χ0v) is 10.5. The Bertz CT molecular complexity index is 264. The van der Waals surface area contributed by atoms with Crippen LogP contribution in [0.25, 0.3) is 0 Å². The Balaban J connectivity index is 3.84. The molecule has 0 heterocycles. The van der Waals surface area contributed by atoms with E-state index < -0.39 is 0 Å². The maximum Gasteiger partial charge on any atom is 0.179 e. The zero-order chi connectivity index (χ0) is 12.2. The molecule has 0 saturated heterocycles. The lowest BCUT2D eigenvalue weighted by molar-refractivity contribution is 0.219. The highest BCUT2D eigenvalue weighted by Gasteiger charge is 1.95. The summed E-state index contributed by atoms with van der Waals surface area (Å²) in [6, 6.07) is 0. The van der Waals surface area contributed by atoms with Crippen molar-refractivity contribution in [2.45, 2.75) is 26.7 Å². The van der Waals surface area contributed by atoms with Gasteiger partial charge in [0.15, 0.2) is 5.88 Å². The van der Waals surface area contributed by atoms with E-state index in [9.17, 15) is 0 Å². The average Bonchev–Trinajstić information content (AvgIpc) is 2.30. The SMILES string of the molecule is C=C/C(=C\C=C/C)COC(=C)NCCCC. The van der Waals surface area contributed by atoms with Gasteiger partial charge in [-0.05, 0) is 25.5 Å². The van der Waals surface area contributed by atoms with Gasteiger partial charge >= 0.3 is 0 Å². The Morgan fingerprint density at radius 1 is 1.44 bits per heavy atom. The van der Waals surface area contributed by atoms with Crippen LogP contribution < -0.4 is 5.32 Å². The number of nitrogens with one attached hydrogen (secondary N) is 1. The Hall–Kier alpha value is -1.44. The molecule has 0 bridgehead atoms. The lowest BCUT2D eigenvalue weighted by Crippen LogP contribution is -2.16. The minimum Gasteiger partial charge on any atom is -0.475 e. The molecule has 0 saturated carbocycles. The van der Waals surface area contributed by atoms with Crippen molar-refractivity contribution in [2.75, 3.05) is 13.2 Å². The first kappa shape index (κ1) is 14.6. The van der Waals surface area contributed by atoms with Crippen LogP contribution in [0, 0.1) is 0 Å². The first-order valence-electron chi connectivity index (χ1n) is 5.74. The lowest BCUT2D eigenvalue weighted by Gasteiger charge is -2.11. The van der Waals surface area contributed by atoms with Gasteiger partial charge in [-0.1, -0.05) is 44.2 Å². The molecular weight excluding hydrogens is 198 g/mol. The predicted molar refractivity (Wildman–Crippen MR) is 71.1 cm³/mol. The van der Waals surface area contributed by atoms with Gasteiger partial charge in [0, 0.05) is 6.54 Å². The molecule has 90 valence electrons. The van der Waals surface area contributed by atoms with Gasteiger partial charge in [-0.25, -0.2) is 0 Å². The zero-order valence-electron chi connectivity index (χ0n) is 10.5. The first-order valence-corrected chi connectivity index (χ1v) is 5.74. The van der Waals surface area contributed by atoms with E-state index in [1.165, 1.54) is 6.42 Å². The normalized spacial score (nSPS) is 11.5. The maximum absolute atomic E-state index is 5.46. The van der Waals surface area contributed by atoms with Crippen molar-refractivity contribution in [1.29, 1.82) is 0 Å². The summed E-state index contributed by atoms with van der Waals surface area (Å²) in [4.78, 5) is 0. The van der Waals surface area contributed by atoms with Crippen molar-refractivity contribution in [2.24, 2.45) is 0 Å². The molecule has 16 heavy (non-hydrogen) atoms. The third-order valence-corrected chi connectivity index (χ3v) is 2.03. The molecule has 0 spiro atoms. The lowest BCUT2D eigenvalue weighted by atomic mass is 10.2. The van der Waals surface area contributed by atoms with Gasteiger partial charge in [0.25, 0.3) is 0 Å². The predicted octanol–water partition coefficient (Wildman–Crippen LogP) is 3.55. The standard InChI is InChI=1S/C14H23NO/c1-5-8-10-14(7-3)12-16-13(4)15-11-9-6-2/h5,7-8,10,15H,3-4,6,9,11-12H2,1-2H3/b8-5-,14-10+. The highest BCUT2D eigenvalue weighted by molar-refractivity contribution is 5.22. The molecule has 0 rings (SSSR count). The van der Waals surface area contributed by atoms with E-state index in [0.29, 0.717) is 12.5 Å². The van der Waals surface area contributed by atoms with Crippen molar-refractivity contribution in [3.8, 4) is 0 Å². The first-order chi connectivity index (χ1) is 7.74. The minimum absolute atomic E-state index is 0.506. The molecule has 0 aromatic carbocycles. The summed E-state index contributed by atoms with van der Waals surface area (Å²) in [6.07, 6.45) is 10.0. The Morgan fingerprint density at radius 2 is 2.19 bits per heavy atom. The molecule has 0 radical (unpaired) electrons. The number of ether oxygens (including phenoxy) is 1. The van der Waals surface area contributed by atoms with Crippen LogP contribution >= 0.6 is 0 Å². The molecule has 0 unspecified atom stereocenters. The fraction of sp³-hybridized carbons (Fsp3) is 0.429. The quantitative estimate of drug-likeness (QED) is 0.365. The number of unbranched alkanes of at least 4 members (excludes halogenated alkanes) is 1. The number of allylic oxidation sites excluding steroid dienone is 3. The van der Waals surface area contributed by atoms with E-state index in [-0.39, 0.29) is 0 Å². The van der Waals surface area contributed by atoms with Crippen molar-refractivity contribution in [1.82, 2.24) is 5.32 Å². The largest absolute Gasteiger partial charge is 0.475 e. The number of rotatable bonds is 9. The summed E-state index contributed by atoms with van der Waals surface area (Å²) in [5, 5.41) is 3.12. The third-order valence-electron chi connectivity index (χ3n) is 2.03. The molecule has 0 aromatic heterocycles. The topological polar surface area (TPSA) is 21.3 Å². The second-order valence-corrected chi connectivity index (χ2v) is 3.46. The Kier molecular flexibility index (Phi) is 9.18. The number of hydrogen-bond acceptors (Lipinski definition) is 2. The Labute approximate surface area is 99.4 Å². The van der Waals surface area contributed by atoms with E-state index in [0.717, 1.165) is 18.5 Å². The molecule has 0 aromatic rings. The van der Waals surface area contributed by atoms with Crippen LogP contribution in [0.1, 0.15) is 26.7 Å². The van der Waals surface area contributed by atoms with Gasteiger partial charge < -0.3 is 10.1 Å². The van der Waals surface area contributed by atoms with Gasteiger partial charge in [0.05, 0.1) is 0 Å². The van der Waals surface area contributed by atoms with Crippen LogP contribution in [0.3, 0.4) is 0 Å². The molecule has 2 nitrogen and oxygen atoms in total. The van der Waals surface area contributed by atoms with Crippen LogP contribution in [-0.2, 0) is 4.74 Å². The fourth-order valence-corrected chi connectivity index (χ4v) is 1.02. The van der Waals surface area contributed by atoms with Crippen LogP contribution in [0.5, 0.6) is 0 Å². The Morgan fingerprint density at radius 3 is 2.75 bits per heavy atom. The van der Waals surface area contributed by atoms with Crippen LogP contribution in [-0.4, -0.2) is 13.2 Å². The van der Waals surface area contributed by atoms with E-state index in [1.807, 2.05) is 25.2 Å². The van der Waals surface area contributed by atoms with E-state index in [4.69, 9.17) is 4.74 Å². The molecule has 0 fully saturated rings. The number of hydrogen-bond donors (Lipinski definition) is 1. The van der Waals surface area contributed by atoms with Gasteiger partial charge in [0.1, 0.15) is 6.61 Å². The highest BCUT2D eigenvalue weighted by Crippen LogP contribution is 2.00. The van der Waals surface area contributed by atoms with E-state index in [2.05, 4.69) is 25.4 Å². The van der Waals surface area contributed by atoms with Crippen molar-refractivity contribution in [3.63, 3.8) is 0 Å². The van der Waals surface area contributed by atoms with E-state index in [1.54, 1.807) is 6.08 Å².